The molecule has 2 aromatic heterocycles. The average Bonchev–Trinajstić information content (AvgIpc) is 3.17. The Morgan fingerprint density at radius 3 is 2.26 bits per heavy atom. The second-order valence-electron chi connectivity index (χ2n) is 6.18. The fraction of sp³-hybridized carbons (Fsp3) is 0.263. The lowest BCUT2D eigenvalue weighted by Crippen LogP contribution is -2.11. The molecule has 8 nitrogen and oxygen atoms in total. The van der Waals surface area contributed by atoms with Gasteiger partial charge in [-0.3, -0.25) is 4.18 Å². The van der Waals surface area contributed by atoms with Gasteiger partial charge in [0.05, 0.1) is 13.4 Å². The van der Waals surface area contributed by atoms with Gasteiger partial charge in [0.2, 0.25) is 5.88 Å². The van der Waals surface area contributed by atoms with Crippen LogP contribution in [0.2, 0.25) is 0 Å². The van der Waals surface area contributed by atoms with E-state index in [-0.39, 0.29) is 24.7 Å². The number of hydrogen-bond donors (Lipinski definition) is 0. The molecule has 0 aliphatic heterocycles. The fourth-order valence-corrected chi connectivity index (χ4v) is 2.89. The fourth-order valence-electron chi connectivity index (χ4n) is 2.52. The number of nitrogens with zero attached hydrogens (tertiary/aromatic N) is 2. The number of hydrogen-bond acceptors (Lipinski definition) is 8. The van der Waals surface area contributed by atoms with Crippen LogP contribution in [0.1, 0.15) is 5.89 Å². The summed E-state index contributed by atoms with van der Waals surface area (Å²) in [4.78, 5) is 7.61. The highest BCUT2D eigenvalue weighted by atomic mass is 32.2. The summed E-state index contributed by atoms with van der Waals surface area (Å²) in [5.41, 5.74) is 0.611. The Kier molecular flexibility index (Phi) is 6.51. The van der Waals surface area contributed by atoms with Crippen LogP contribution < -0.4 is 9.47 Å². The molecule has 31 heavy (non-hydrogen) atoms. The number of rotatable bonds is 8. The van der Waals surface area contributed by atoms with Crippen molar-refractivity contribution in [1.29, 1.82) is 0 Å². The summed E-state index contributed by atoms with van der Waals surface area (Å²) in [6, 6.07) is 9.01. The molecule has 3 rings (SSSR count). The first-order valence-corrected chi connectivity index (χ1v) is 10.5. The molecule has 0 fully saturated rings. The molecule has 0 saturated carbocycles. The summed E-state index contributed by atoms with van der Waals surface area (Å²) in [6.45, 7) is -0.206. The predicted octanol–water partition coefficient (Wildman–Crippen LogP) is 3.79. The largest absolute Gasteiger partial charge is 0.491 e. The van der Waals surface area contributed by atoms with E-state index in [0.29, 0.717) is 22.8 Å². The van der Waals surface area contributed by atoms with Crippen molar-refractivity contribution < 1.29 is 39.7 Å². The molecule has 0 aliphatic carbocycles. The molecule has 0 spiro atoms. The van der Waals surface area contributed by atoms with E-state index in [0.717, 1.165) is 6.26 Å². The van der Waals surface area contributed by atoms with E-state index in [4.69, 9.17) is 13.9 Å². The van der Waals surface area contributed by atoms with Crippen molar-refractivity contribution in [3.63, 3.8) is 0 Å². The third kappa shape index (κ3) is 5.95. The van der Waals surface area contributed by atoms with Gasteiger partial charge in [-0.05, 0) is 30.3 Å². The molecular weight excluding hydrogens is 441 g/mol. The molecule has 12 heteroatoms. The number of oxazole rings is 1. The van der Waals surface area contributed by atoms with E-state index in [1.165, 1.54) is 49.7 Å². The van der Waals surface area contributed by atoms with Crippen LogP contribution in [0.15, 0.2) is 47.0 Å². The second-order valence-corrected chi connectivity index (χ2v) is 7.83. The van der Waals surface area contributed by atoms with Gasteiger partial charge in [0.1, 0.15) is 24.7 Å². The monoisotopic (exact) mass is 458 g/mol. The molecule has 0 unspecified atom stereocenters. The number of ether oxygens (including phenoxy) is 2. The van der Waals surface area contributed by atoms with Gasteiger partial charge in [-0.1, -0.05) is 0 Å². The first kappa shape index (κ1) is 22.6. The number of pyridine rings is 1. The molecule has 1 aromatic carbocycles. The Labute approximate surface area is 175 Å². The van der Waals surface area contributed by atoms with Crippen LogP contribution in [-0.4, -0.2) is 45.0 Å². The maximum absolute atomic E-state index is 13.2. The summed E-state index contributed by atoms with van der Waals surface area (Å²) >= 11 is 0. The molecule has 166 valence electrons. The Morgan fingerprint density at radius 2 is 1.71 bits per heavy atom. The zero-order valence-corrected chi connectivity index (χ0v) is 17.2. The van der Waals surface area contributed by atoms with E-state index < -0.39 is 22.2 Å². The quantitative estimate of drug-likeness (QED) is 0.371. The molecule has 0 atom stereocenters. The van der Waals surface area contributed by atoms with Crippen molar-refractivity contribution in [2.24, 2.45) is 0 Å². The van der Waals surface area contributed by atoms with Crippen LogP contribution in [0.25, 0.3) is 22.6 Å². The maximum Gasteiger partial charge on any atom is 0.468 e. The number of benzene rings is 1. The molecule has 0 aliphatic rings. The summed E-state index contributed by atoms with van der Waals surface area (Å²) in [5, 5.41) is 0. The first-order chi connectivity index (χ1) is 14.6. The Bertz CT molecular complexity index is 1130. The van der Waals surface area contributed by atoms with E-state index in [1.54, 1.807) is 0 Å². The van der Waals surface area contributed by atoms with Gasteiger partial charge in [0.15, 0.2) is 5.76 Å². The third-order valence-electron chi connectivity index (χ3n) is 3.85. The van der Waals surface area contributed by atoms with Gasteiger partial charge in [0.25, 0.3) is 10.1 Å². The lowest BCUT2D eigenvalue weighted by Gasteiger charge is -2.07. The molecule has 0 amide bonds. The molecule has 2 heterocycles. The lowest BCUT2D eigenvalue weighted by atomic mass is 10.1. The van der Waals surface area contributed by atoms with E-state index in [2.05, 4.69) is 14.2 Å². The van der Waals surface area contributed by atoms with Crippen molar-refractivity contribution in [3.05, 3.63) is 48.5 Å². The van der Waals surface area contributed by atoms with Crippen LogP contribution in [0.5, 0.6) is 11.6 Å². The Balaban J connectivity index is 1.86. The van der Waals surface area contributed by atoms with Crippen LogP contribution in [0.3, 0.4) is 0 Å². The van der Waals surface area contributed by atoms with E-state index in [9.17, 15) is 21.6 Å². The average molecular weight is 458 g/mol. The van der Waals surface area contributed by atoms with Crippen molar-refractivity contribution in [2.75, 3.05) is 26.6 Å². The molecule has 0 bridgehead atoms. The maximum atomic E-state index is 13.2. The Morgan fingerprint density at radius 1 is 1.03 bits per heavy atom. The number of halogens is 3. The number of alkyl halides is 3. The minimum Gasteiger partial charge on any atom is -0.491 e. The topological polar surface area (TPSA) is 101 Å². The molecule has 0 saturated heterocycles. The molecule has 0 radical (unpaired) electrons. The molecule has 0 N–H and O–H groups in total. The lowest BCUT2D eigenvalue weighted by molar-refractivity contribution is -0.156. The normalized spacial score (nSPS) is 12.0. The molecule has 3 aromatic rings. The van der Waals surface area contributed by atoms with Gasteiger partial charge in [0, 0.05) is 23.4 Å². The van der Waals surface area contributed by atoms with Crippen molar-refractivity contribution in [3.8, 4) is 34.2 Å². The van der Waals surface area contributed by atoms with Crippen molar-refractivity contribution in [1.82, 2.24) is 9.97 Å². The van der Waals surface area contributed by atoms with Crippen molar-refractivity contribution >= 4 is 10.1 Å². The zero-order valence-electron chi connectivity index (χ0n) is 16.3. The van der Waals surface area contributed by atoms with Crippen LogP contribution >= 0.6 is 0 Å². The number of aromatic nitrogens is 2. The minimum absolute atomic E-state index is 0.0299. The van der Waals surface area contributed by atoms with Gasteiger partial charge >= 0.3 is 12.1 Å². The van der Waals surface area contributed by atoms with Gasteiger partial charge in [-0.15, -0.1) is 0 Å². The SMILES string of the molecule is COc1ccc(-c2nc(C(F)(F)F)oc2-c2ccc(OCCOS(C)(=O)=O)cc2)cn1. The molecular formula is C19H17F3N2O6S. The predicted molar refractivity (Wildman–Crippen MR) is 103 cm³/mol. The summed E-state index contributed by atoms with van der Waals surface area (Å²) in [6.07, 6.45) is -2.51. The zero-order chi connectivity index (χ0) is 22.6. The highest BCUT2D eigenvalue weighted by molar-refractivity contribution is 7.85. The van der Waals surface area contributed by atoms with Gasteiger partial charge in [-0.25, -0.2) is 9.97 Å². The highest BCUT2D eigenvalue weighted by Crippen LogP contribution is 2.38. The minimum atomic E-state index is -4.77. The Hall–Kier alpha value is -3.12. The highest BCUT2D eigenvalue weighted by Gasteiger charge is 2.39. The van der Waals surface area contributed by atoms with Crippen LogP contribution in [0.4, 0.5) is 13.2 Å². The van der Waals surface area contributed by atoms with E-state index in [1.807, 2.05) is 0 Å². The summed E-state index contributed by atoms with van der Waals surface area (Å²) in [5.74, 6) is -0.812. The van der Waals surface area contributed by atoms with Gasteiger partial charge in [-0.2, -0.15) is 21.6 Å². The van der Waals surface area contributed by atoms with Crippen LogP contribution in [-0.2, 0) is 20.5 Å². The third-order valence-corrected chi connectivity index (χ3v) is 4.45. The number of methoxy groups -OCH3 is 1. The van der Waals surface area contributed by atoms with Crippen molar-refractivity contribution in [2.45, 2.75) is 6.18 Å². The standard InChI is InChI=1S/C19H17F3N2O6S/c1-27-15-8-5-13(11-23-15)16-17(30-18(24-16)19(20,21)22)12-3-6-14(7-4-12)28-9-10-29-31(2,25)26/h3-8,11H,9-10H2,1-2H3. The van der Waals surface area contributed by atoms with Crippen LogP contribution in [0, 0.1) is 0 Å². The smallest absolute Gasteiger partial charge is 0.468 e. The summed E-state index contributed by atoms with van der Waals surface area (Å²) in [7, 11) is -2.15. The second kappa shape index (κ2) is 8.94. The summed E-state index contributed by atoms with van der Waals surface area (Å²) < 4.78 is 81.3. The first-order valence-electron chi connectivity index (χ1n) is 8.73. The van der Waals surface area contributed by atoms with E-state index >= 15 is 0 Å². The van der Waals surface area contributed by atoms with Gasteiger partial charge < -0.3 is 13.9 Å².